The summed E-state index contributed by atoms with van der Waals surface area (Å²) in [7, 11) is 1.07. The topological polar surface area (TPSA) is 0 Å². The van der Waals surface area contributed by atoms with Crippen LogP contribution >= 0.6 is 66.9 Å². The second kappa shape index (κ2) is 7.48. The Balaban J connectivity index is 1.60. The van der Waals surface area contributed by atoms with Crippen LogP contribution in [0.4, 0.5) is 0 Å². The van der Waals surface area contributed by atoms with Gasteiger partial charge in [-0.25, -0.2) is 0 Å². The SMILES string of the molecule is CC(C)(C)[Si](C)(C)c1cc2sc3c(c2s1)SSc1c-3sc2cc([Si](C)(C)C(C)(C)C)sc12. The van der Waals surface area contributed by atoms with Crippen LogP contribution in [-0.4, -0.2) is 16.1 Å². The van der Waals surface area contributed by atoms with E-state index in [4.69, 9.17) is 0 Å². The first kappa shape index (κ1) is 24.2. The van der Waals surface area contributed by atoms with Crippen LogP contribution < -0.4 is 9.00 Å². The highest BCUT2D eigenvalue weighted by Gasteiger charge is 2.41. The maximum atomic E-state index is 2.55. The molecule has 0 fully saturated rings. The highest BCUT2D eigenvalue weighted by Crippen LogP contribution is 2.62. The van der Waals surface area contributed by atoms with E-state index in [1.165, 1.54) is 28.9 Å². The lowest BCUT2D eigenvalue weighted by Crippen LogP contribution is -2.47. The Morgan fingerprint density at radius 2 is 0.906 bits per heavy atom. The average molecular weight is 569 g/mol. The summed E-state index contributed by atoms with van der Waals surface area (Å²) in [5, 5.41) is 0.768. The Morgan fingerprint density at radius 1 is 0.562 bits per heavy atom. The van der Waals surface area contributed by atoms with Gasteiger partial charge >= 0.3 is 0 Å². The zero-order chi connectivity index (χ0) is 23.4. The third kappa shape index (κ3) is 3.45. The van der Waals surface area contributed by atoms with Gasteiger partial charge in [-0.15, -0.1) is 45.3 Å². The van der Waals surface area contributed by atoms with E-state index in [1.807, 2.05) is 44.3 Å². The molecule has 0 aromatic carbocycles. The first-order valence-corrected chi connectivity index (χ1v) is 22.5. The second-order valence-corrected chi connectivity index (χ2v) is 29.7. The van der Waals surface area contributed by atoms with Crippen molar-refractivity contribution in [3.8, 4) is 9.75 Å². The van der Waals surface area contributed by atoms with Crippen molar-refractivity contribution in [1.29, 1.82) is 0 Å². The standard InChI is InChI=1S/C24H32S6Si2/c1-23(2,3)31(7,8)15-11-13-17(27-15)21-19(25-13)20-22(30-29-21)18-14(26-20)12-16(28-18)32(9,10)24(4,5)6/h11-12H,1-10H3. The monoisotopic (exact) mass is 568 g/mol. The summed E-state index contributed by atoms with van der Waals surface area (Å²) in [5.74, 6) is 0. The molecule has 172 valence electrons. The summed E-state index contributed by atoms with van der Waals surface area (Å²) < 4.78 is 9.45. The van der Waals surface area contributed by atoms with Crippen LogP contribution in [0.15, 0.2) is 21.9 Å². The number of fused-ring (bicyclic) bond motifs is 7. The molecule has 0 atom stereocenters. The van der Waals surface area contributed by atoms with E-state index in [1.54, 1.807) is 18.4 Å². The maximum absolute atomic E-state index is 2.55. The molecular weight excluding hydrogens is 537 g/mol. The van der Waals surface area contributed by atoms with Gasteiger partial charge in [-0.05, 0) is 52.8 Å². The fourth-order valence-corrected chi connectivity index (χ4v) is 19.6. The van der Waals surface area contributed by atoms with Crippen molar-refractivity contribution >= 4 is 111 Å². The molecule has 4 aromatic heterocycles. The molecule has 4 aromatic rings. The van der Waals surface area contributed by atoms with Crippen molar-refractivity contribution in [2.45, 2.75) is 87.6 Å². The van der Waals surface area contributed by atoms with Gasteiger partial charge in [0.05, 0.1) is 45.1 Å². The fraction of sp³-hybridized carbons (Fsp3) is 0.500. The number of hydrogen-bond acceptors (Lipinski definition) is 6. The molecule has 1 aliphatic heterocycles. The first-order valence-electron chi connectivity index (χ1n) is 11.1. The Hall–Kier alpha value is 0.454. The predicted molar refractivity (Wildman–Crippen MR) is 164 cm³/mol. The maximum Gasteiger partial charge on any atom is 0.0988 e. The molecule has 0 aliphatic carbocycles. The molecule has 1 aliphatic rings. The zero-order valence-corrected chi connectivity index (χ0v) is 27.5. The molecule has 32 heavy (non-hydrogen) atoms. The third-order valence-corrected chi connectivity index (χ3v) is 29.6. The van der Waals surface area contributed by atoms with Gasteiger partial charge in [0, 0.05) is 9.40 Å². The van der Waals surface area contributed by atoms with Crippen LogP contribution in [-0.2, 0) is 0 Å². The molecule has 0 nitrogen and oxygen atoms in total. The van der Waals surface area contributed by atoms with Crippen molar-refractivity contribution in [3.63, 3.8) is 0 Å². The van der Waals surface area contributed by atoms with E-state index in [0.29, 0.717) is 10.1 Å². The molecule has 0 amide bonds. The van der Waals surface area contributed by atoms with E-state index in [-0.39, 0.29) is 0 Å². The quantitative estimate of drug-likeness (QED) is 0.174. The second-order valence-electron chi connectivity index (χ2n) is 12.0. The van der Waals surface area contributed by atoms with E-state index in [2.05, 4.69) is 103 Å². The molecule has 0 radical (unpaired) electrons. The van der Waals surface area contributed by atoms with Crippen LogP contribution in [0.3, 0.4) is 0 Å². The molecule has 0 saturated carbocycles. The molecular formula is C24H32S6Si2. The smallest absolute Gasteiger partial charge is 0.0988 e. The fourth-order valence-electron chi connectivity index (χ4n) is 3.62. The van der Waals surface area contributed by atoms with Gasteiger partial charge in [0.25, 0.3) is 0 Å². The molecule has 5 heterocycles. The summed E-state index contributed by atoms with van der Waals surface area (Å²) in [6, 6.07) is 5.10. The first-order chi connectivity index (χ1) is 14.6. The van der Waals surface area contributed by atoms with Crippen LogP contribution in [0.25, 0.3) is 28.6 Å². The minimum absolute atomic E-state index is 0.384. The number of hydrogen-bond donors (Lipinski definition) is 0. The average Bonchev–Trinajstić information content (AvgIpc) is 3.37. The minimum Gasteiger partial charge on any atom is -0.143 e. The number of rotatable bonds is 2. The van der Waals surface area contributed by atoms with Crippen LogP contribution in [0.5, 0.6) is 0 Å². The lowest BCUT2D eigenvalue weighted by Gasteiger charge is -2.36. The molecule has 0 unspecified atom stereocenters. The van der Waals surface area contributed by atoms with Gasteiger partial charge < -0.3 is 0 Å². The summed E-state index contributed by atoms with van der Waals surface area (Å²) in [4.78, 5) is 6.15. The van der Waals surface area contributed by atoms with Crippen molar-refractivity contribution in [2.24, 2.45) is 0 Å². The van der Waals surface area contributed by atoms with Crippen LogP contribution in [0, 0.1) is 0 Å². The summed E-state index contributed by atoms with van der Waals surface area (Å²) in [6.45, 7) is 24.7. The largest absolute Gasteiger partial charge is 0.143 e. The Bertz CT molecular complexity index is 1240. The lowest BCUT2D eigenvalue weighted by molar-refractivity contribution is 0.730. The highest BCUT2D eigenvalue weighted by molar-refractivity contribution is 8.77. The minimum atomic E-state index is -1.48. The van der Waals surface area contributed by atoms with Crippen LogP contribution in [0.1, 0.15) is 41.5 Å². The van der Waals surface area contributed by atoms with Gasteiger partial charge in [-0.1, -0.05) is 67.7 Å². The van der Waals surface area contributed by atoms with Gasteiger partial charge in [0.1, 0.15) is 0 Å². The Labute approximate surface area is 218 Å². The molecule has 0 N–H and O–H groups in total. The van der Waals surface area contributed by atoms with Gasteiger partial charge in [-0.2, -0.15) is 0 Å². The summed E-state index contributed by atoms with van der Waals surface area (Å²) >= 11 is 8.28. The third-order valence-electron chi connectivity index (χ3n) is 8.04. The highest BCUT2D eigenvalue weighted by atomic mass is 33.1. The number of thiophene rings is 4. The predicted octanol–water partition coefficient (Wildman–Crippen LogP) is 10.4. The molecule has 0 saturated heterocycles. The van der Waals surface area contributed by atoms with E-state index in [0.717, 1.165) is 0 Å². The summed E-state index contributed by atoms with van der Waals surface area (Å²) in [6.07, 6.45) is 0. The van der Waals surface area contributed by atoms with Crippen molar-refractivity contribution in [2.75, 3.05) is 0 Å². The lowest BCUT2D eigenvalue weighted by atomic mass is 10.2. The molecule has 5 rings (SSSR count). The zero-order valence-electron chi connectivity index (χ0n) is 20.6. The van der Waals surface area contributed by atoms with E-state index < -0.39 is 16.1 Å². The van der Waals surface area contributed by atoms with Crippen molar-refractivity contribution < 1.29 is 0 Å². The van der Waals surface area contributed by atoms with Crippen molar-refractivity contribution in [1.82, 2.24) is 0 Å². The van der Waals surface area contributed by atoms with Crippen molar-refractivity contribution in [3.05, 3.63) is 12.1 Å². The van der Waals surface area contributed by atoms with Gasteiger partial charge in [-0.3, -0.25) is 0 Å². The van der Waals surface area contributed by atoms with Gasteiger partial charge in [0.2, 0.25) is 0 Å². The van der Waals surface area contributed by atoms with E-state index in [9.17, 15) is 0 Å². The molecule has 8 heteroatoms. The van der Waals surface area contributed by atoms with E-state index >= 15 is 0 Å². The Kier molecular flexibility index (Phi) is 5.65. The Morgan fingerprint density at radius 3 is 1.22 bits per heavy atom. The normalized spacial score (nSPS) is 15.6. The molecule has 0 bridgehead atoms. The van der Waals surface area contributed by atoms with Crippen LogP contribution in [0.2, 0.25) is 36.3 Å². The molecule has 0 spiro atoms. The summed E-state index contributed by atoms with van der Waals surface area (Å²) in [5.41, 5.74) is 0. The van der Waals surface area contributed by atoms with Gasteiger partial charge in [0.15, 0.2) is 0 Å².